The second-order valence-electron chi connectivity index (χ2n) is 3.92. The lowest BCUT2D eigenvalue weighted by Crippen LogP contribution is -2.28. The lowest BCUT2D eigenvalue weighted by Gasteiger charge is -2.32. The van der Waals surface area contributed by atoms with Crippen LogP contribution in [-0.2, 0) is 14.9 Å². The summed E-state index contributed by atoms with van der Waals surface area (Å²) in [5, 5.41) is 0. The second kappa shape index (κ2) is 9.21. The third-order valence-electron chi connectivity index (χ3n) is 2.93. The van der Waals surface area contributed by atoms with E-state index in [0.29, 0.717) is 6.61 Å². The topological polar surface area (TPSA) is 66.8 Å². The summed E-state index contributed by atoms with van der Waals surface area (Å²) in [6.07, 6.45) is 1.81. The van der Waals surface area contributed by atoms with E-state index in [0.717, 1.165) is 18.4 Å². The van der Waals surface area contributed by atoms with Crippen molar-refractivity contribution in [3.8, 4) is 0 Å². The third kappa shape index (κ3) is 6.30. The molecule has 1 rings (SSSR count). The van der Waals surface area contributed by atoms with Crippen LogP contribution in [0.25, 0.3) is 0 Å². The lowest BCUT2D eigenvalue weighted by molar-refractivity contribution is -0.0505. The lowest BCUT2D eigenvalue weighted by atomic mass is 9.88. The second-order valence-corrected chi connectivity index (χ2v) is 4.49. The van der Waals surface area contributed by atoms with Gasteiger partial charge in [-0.3, -0.25) is 4.57 Å². The van der Waals surface area contributed by atoms with Crippen molar-refractivity contribution in [2.75, 3.05) is 6.61 Å². The van der Waals surface area contributed by atoms with Gasteiger partial charge in [-0.05, 0) is 37.5 Å². The fraction of sp³-hybridized carbons (Fsp3) is 0.538. The Morgan fingerprint density at radius 1 is 1.16 bits per heavy atom. The Kier molecular flexibility index (Phi) is 8.85. The predicted molar refractivity (Wildman–Crippen MR) is 73.7 cm³/mol. The first-order chi connectivity index (χ1) is 8.91. The number of hydrogen-bond donors (Lipinski definition) is 2. The van der Waals surface area contributed by atoms with Crippen molar-refractivity contribution in [1.29, 1.82) is 0 Å². The van der Waals surface area contributed by atoms with E-state index in [4.69, 9.17) is 19.1 Å². The maximum Gasteiger partial charge on any atom is 0.314 e. The van der Waals surface area contributed by atoms with E-state index in [9.17, 15) is 4.39 Å². The van der Waals surface area contributed by atoms with Gasteiger partial charge in [0.1, 0.15) is 5.82 Å². The Labute approximate surface area is 114 Å². The highest BCUT2D eigenvalue weighted by Gasteiger charge is 2.28. The van der Waals surface area contributed by atoms with Crippen molar-refractivity contribution in [3.05, 3.63) is 35.6 Å². The van der Waals surface area contributed by atoms with Crippen molar-refractivity contribution >= 4 is 8.25 Å². The van der Waals surface area contributed by atoms with E-state index < -0.39 is 8.25 Å². The SMILES string of the molecule is CCOC(CC)(CC)c1ccc(F)cc1.O=[PH](O)O. The quantitative estimate of drug-likeness (QED) is 0.818. The summed E-state index contributed by atoms with van der Waals surface area (Å²) in [5.74, 6) is -0.198. The Morgan fingerprint density at radius 3 is 1.89 bits per heavy atom. The zero-order chi connectivity index (χ0) is 14.9. The van der Waals surface area contributed by atoms with Crippen LogP contribution in [0.15, 0.2) is 24.3 Å². The van der Waals surface area contributed by atoms with Gasteiger partial charge in [0.15, 0.2) is 0 Å². The first-order valence-electron chi connectivity index (χ1n) is 6.23. The van der Waals surface area contributed by atoms with Crippen molar-refractivity contribution in [2.24, 2.45) is 0 Å². The fourth-order valence-electron chi connectivity index (χ4n) is 1.98. The monoisotopic (exact) mass is 292 g/mol. The zero-order valence-corrected chi connectivity index (χ0v) is 12.5. The van der Waals surface area contributed by atoms with Crippen LogP contribution in [0, 0.1) is 5.82 Å². The van der Waals surface area contributed by atoms with Gasteiger partial charge in [0.05, 0.1) is 5.60 Å². The summed E-state index contributed by atoms with van der Waals surface area (Å²) < 4.78 is 27.4. The summed E-state index contributed by atoms with van der Waals surface area (Å²) in [5.41, 5.74) is 0.818. The van der Waals surface area contributed by atoms with E-state index in [-0.39, 0.29) is 11.4 Å². The van der Waals surface area contributed by atoms with E-state index >= 15 is 0 Å². The molecule has 0 unspecified atom stereocenters. The van der Waals surface area contributed by atoms with Gasteiger partial charge in [-0.25, -0.2) is 4.39 Å². The molecule has 110 valence electrons. The molecule has 0 aromatic heterocycles. The number of rotatable bonds is 5. The maximum absolute atomic E-state index is 12.8. The summed E-state index contributed by atoms with van der Waals surface area (Å²) in [7, 11) is -3.13. The molecule has 0 aliphatic carbocycles. The maximum atomic E-state index is 12.8. The molecule has 0 spiro atoms. The van der Waals surface area contributed by atoms with Crippen LogP contribution in [0.2, 0.25) is 0 Å². The Balaban J connectivity index is 0.000000711. The highest BCUT2D eigenvalue weighted by molar-refractivity contribution is 7.30. The van der Waals surface area contributed by atoms with E-state index in [1.807, 2.05) is 19.1 Å². The number of hydrogen-bond acceptors (Lipinski definition) is 2. The number of ether oxygens (including phenoxy) is 1. The standard InChI is InChI=1S/C13H19FO.H3O3P/c1-4-13(5-2,15-6-3)11-7-9-12(14)10-8-11;1-4(2)3/h7-10H,4-6H2,1-3H3;4H,(H2,1,2,3). The normalized spacial score (nSPS) is 11.1. The molecule has 0 saturated heterocycles. The van der Waals surface area contributed by atoms with Gasteiger partial charge in [-0.2, -0.15) is 0 Å². The van der Waals surface area contributed by atoms with E-state index in [1.54, 1.807) is 0 Å². The molecule has 0 radical (unpaired) electrons. The summed E-state index contributed by atoms with van der Waals surface area (Å²) in [4.78, 5) is 14.3. The first-order valence-corrected chi connectivity index (χ1v) is 7.54. The smallest absolute Gasteiger partial charge is 0.314 e. The number of benzene rings is 1. The number of halogens is 1. The van der Waals surface area contributed by atoms with Crippen LogP contribution in [-0.4, -0.2) is 16.4 Å². The first kappa shape index (κ1) is 18.3. The highest BCUT2D eigenvalue weighted by atomic mass is 31.1. The molecule has 19 heavy (non-hydrogen) atoms. The molecule has 0 amide bonds. The van der Waals surface area contributed by atoms with Crippen molar-refractivity contribution in [2.45, 2.75) is 39.2 Å². The molecule has 1 aromatic rings. The Hall–Kier alpha value is -0.740. The van der Waals surface area contributed by atoms with Crippen LogP contribution in [0.3, 0.4) is 0 Å². The zero-order valence-electron chi connectivity index (χ0n) is 11.5. The van der Waals surface area contributed by atoms with Crippen molar-refractivity contribution in [1.82, 2.24) is 0 Å². The van der Waals surface area contributed by atoms with Gasteiger partial charge in [0.25, 0.3) is 0 Å². The predicted octanol–water partition coefficient (Wildman–Crippen LogP) is 3.24. The summed E-state index contributed by atoms with van der Waals surface area (Å²) in [6.45, 7) is 6.87. The minimum absolute atomic E-state index is 0.198. The molecule has 6 heteroatoms. The molecular weight excluding hydrogens is 270 g/mol. The van der Waals surface area contributed by atoms with E-state index in [2.05, 4.69) is 13.8 Å². The molecule has 0 atom stereocenters. The van der Waals surface area contributed by atoms with Crippen LogP contribution in [0.5, 0.6) is 0 Å². The molecule has 0 fully saturated rings. The highest BCUT2D eigenvalue weighted by Crippen LogP contribution is 2.32. The van der Waals surface area contributed by atoms with Gasteiger partial charge in [0, 0.05) is 6.61 Å². The molecule has 0 aliphatic rings. The van der Waals surface area contributed by atoms with E-state index in [1.165, 1.54) is 12.1 Å². The van der Waals surface area contributed by atoms with Crippen LogP contribution >= 0.6 is 8.25 Å². The molecule has 2 N–H and O–H groups in total. The van der Waals surface area contributed by atoms with Crippen molar-refractivity contribution < 1.29 is 23.5 Å². The average Bonchev–Trinajstić information content (AvgIpc) is 2.36. The fourth-order valence-corrected chi connectivity index (χ4v) is 1.98. The molecule has 1 aromatic carbocycles. The third-order valence-corrected chi connectivity index (χ3v) is 2.93. The molecule has 4 nitrogen and oxygen atoms in total. The van der Waals surface area contributed by atoms with Gasteiger partial charge < -0.3 is 14.5 Å². The minimum atomic E-state index is -3.13. The van der Waals surface area contributed by atoms with Crippen LogP contribution in [0.4, 0.5) is 4.39 Å². The summed E-state index contributed by atoms with van der Waals surface area (Å²) in [6, 6.07) is 6.62. The van der Waals surface area contributed by atoms with Crippen LogP contribution in [0.1, 0.15) is 39.2 Å². The average molecular weight is 292 g/mol. The van der Waals surface area contributed by atoms with Gasteiger partial charge in [-0.1, -0.05) is 26.0 Å². The largest absolute Gasteiger partial charge is 0.371 e. The van der Waals surface area contributed by atoms with Gasteiger partial charge in [-0.15, -0.1) is 0 Å². The summed E-state index contributed by atoms with van der Waals surface area (Å²) >= 11 is 0. The molecule has 0 heterocycles. The van der Waals surface area contributed by atoms with Crippen LogP contribution < -0.4 is 0 Å². The van der Waals surface area contributed by atoms with Gasteiger partial charge in [0.2, 0.25) is 0 Å². The Morgan fingerprint density at radius 2 is 1.58 bits per heavy atom. The molecule has 0 saturated carbocycles. The molecule has 0 aliphatic heterocycles. The molecular formula is C13H22FO4P. The van der Waals surface area contributed by atoms with Crippen molar-refractivity contribution in [3.63, 3.8) is 0 Å². The Bertz CT molecular complexity index is 373. The molecule has 0 bridgehead atoms. The van der Waals surface area contributed by atoms with Gasteiger partial charge >= 0.3 is 8.25 Å². The minimum Gasteiger partial charge on any atom is -0.371 e.